The van der Waals surface area contributed by atoms with Crippen LogP contribution in [0, 0.1) is 0 Å². The van der Waals surface area contributed by atoms with E-state index in [1.54, 1.807) is 14.0 Å². The number of nitrogens with two attached hydrogens (primary N) is 1. The number of carbonyl (C=O) groups excluding carboxylic acids is 2. The van der Waals surface area contributed by atoms with E-state index in [0.29, 0.717) is 11.4 Å². The third-order valence-corrected chi connectivity index (χ3v) is 6.39. The highest BCUT2D eigenvalue weighted by Gasteiger charge is 2.43. The number of Topliss-reactive ketones (excluding diaryl/α,β-unsaturated/α-hetero) is 1. The summed E-state index contributed by atoms with van der Waals surface area (Å²) in [5.41, 5.74) is 9.37. The summed E-state index contributed by atoms with van der Waals surface area (Å²) >= 11 is 6.33. The van der Waals surface area contributed by atoms with Crippen molar-refractivity contribution in [2.45, 2.75) is 31.7 Å². The largest absolute Gasteiger partial charge is 0.369 e. The first-order chi connectivity index (χ1) is 15.8. The van der Waals surface area contributed by atoms with E-state index in [4.69, 9.17) is 17.3 Å². The zero-order valence-electron chi connectivity index (χ0n) is 18.7. The first kappa shape index (κ1) is 22.7. The molecule has 1 atom stereocenters. The highest BCUT2D eigenvalue weighted by molar-refractivity contribution is 6.30. The van der Waals surface area contributed by atoms with E-state index in [1.165, 1.54) is 4.90 Å². The molecule has 168 valence electrons. The molecule has 1 amide bonds. The number of guanidine groups is 1. The van der Waals surface area contributed by atoms with Crippen LogP contribution in [-0.2, 0) is 16.8 Å². The lowest BCUT2D eigenvalue weighted by atomic mass is 9.88. The number of rotatable bonds is 7. The Labute approximate surface area is 198 Å². The Hall–Kier alpha value is -3.44. The highest BCUT2D eigenvalue weighted by atomic mass is 35.5. The fourth-order valence-electron chi connectivity index (χ4n) is 4.20. The van der Waals surface area contributed by atoms with E-state index in [2.05, 4.69) is 4.99 Å². The molecule has 0 aromatic heterocycles. The maximum atomic E-state index is 12.8. The molecule has 1 heterocycles. The molecule has 2 N–H and O–H groups in total. The van der Waals surface area contributed by atoms with E-state index in [1.807, 2.05) is 72.8 Å². The quantitative estimate of drug-likeness (QED) is 0.492. The fraction of sp³-hybridized carbons (Fsp3) is 0.222. The van der Waals surface area contributed by atoms with Crippen molar-refractivity contribution >= 4 is 29.3 Å². The van der Waals surface area contributed by atoms with Crippen LogP contribution in [-0.4, -0.2) is 29.6 Å². The molecule has 5 nitrogen and oxygen atoms in total. The number of benzene rings is 3. The Kier molecular flexibility index (Phi) is 6.34. The second-order valence-electron chi connectivity index (χ2n) is 8.43. The van der Waals surface area contributed by atoms with Crippen molar-refractivity contribution in [2.24, 2.45) is 10.7 Å². The number of aliphatic imine (C=N–C) groups is 1. The molecule has 3 aromatic carbocycles. The Morgan fingerprint density at radius 2 is 1.82 bits per heavy atom. The molecule has 0 spiro atoms. The Morgan fingerprint density at radius 3 is 2.52 bits per heavy atom. The van der Waals surface area contributed by atoms with Crippen molar-refractivity contribution in [1.82, 2.24) is 4.90 Å². The fourth-order valence-corrected chi connectivity index (χ4v) is 4.38. The van der Waals surface area contributed by atoms with Crippen LogP contribution >= 0.6 is 11.6 Å². The molecule has 1 aliphatic heterocycles. The number of nitrogens with zero attached hydrogens (tertiary/aromatic N) is 2. The third kappa shape index (κ3) is 4.55. The summed E-state index contributed by atoms with van der Waals surface area (Å²) in [4.78, 5) is 31.1. The average molecular weight is 460 g/mol. The minimum atomic E-state index is -1.06. The van der Waals surface area contributed by atoms with Crippen LogP contribution in [0.2, 0.25) is 5.02 Å². The van der Waals surface area contributed by atoms with E-state index in [-0.39, 0.29) is 17.6 Å². The monoisotopic (exact) mass is 459 g/mol. The summed E-state index contributed by atoms with van der Waals surface area (Å²) in [6.07, 6.45) is 1.93. The van der Waals surface area contributed by atoms with Crippen LogP contribution in [0.1, 0.15) is 41.3 Å². The number of hydrogen-bond acceptors (Lipinski definition) is 4. The van der Waals surface area contributed by atoms with Crippen molar-refractivity contribution in [3.05, 3.63) is 94.5 Å². The van der Waals surface area contributed by atoms with Crippen molar-refractivity contribution in [1.29, 1.82) is 0 Å². The Balaban J connectivity index is 1.59. The minimum absolute atomic E-state index is 0.139. The van der Waals surface area contributed by atoms with E-state index in [9.17, 15) is 9.59 Å². The molecule has 6 heteroatoms. The van der Waals surface area contributed by atoms with Crippen LogP contribution in [0.25, 0.3) is 11.1 Å². The molecule has 1 aliphatic rings. The van der Waals surface area contributed by atoms with Gasteiger partial charge in [-0.3, -0.25) is 14.5 Å². The van der Waals surface area contributed by atoms with Gasteiger partial charge < -0.3 is 5.73 Å². The zero-order chi connectivity index (χ0) is 23.6. The molecule has 0 saturated carbocycles. The molecule has 33 heavy (non-hydrogen) atoms. The second-order valence-corrected chi connectivity index (χ2v) is 8.87. The van der Waals surface area contributed by atoms with Crippen molar-refractivity contribution in [3.8, 4) is 11.1 Å². The molecular weight excluding hydrogens is 434 g/mol. The molecular formula is C27H26ClN3O2. The summed E-state index contributed by atoms with van der Waals surface area (Å²) < 4.78 is 0. The van der Waals surface area contributed by atoms with Gasteiger partial charge in [-0.15, -0.1) is 0 Å². The number of carbonyl (C=O) groups is 2. The Bertz CT molecular complexity index is 1240. The van der Waals surface area contributed by atoms with Gasteiger partial charge in [0, 0.05) is 24.1 Å². The van der Waals surface area contributed by atoms with Crippen LogP contribution in [0.15, 0.2) is 77.8 Å². The first-order valence-electron chi connectivity index (χ1n) is 10.9. The van der Waals surface area contributed by atoms with Crippen LogP contribution in [0.3, 0.4) is 0 Å². The second kappa shape index (κ2) is 9.20. The summed E-state index contributed by atoms with van der Waals surface area (Å²) in [5.74, 6) is 0.183. The van der Waals surface area contributed by atoms with Crippen molar-refractivity contribution in [3.63, 3.8) is 0 Å². The van der Waals surface area contributed by atoms with Gasteiger partial charge in [0.2, 0.25) is 0 Å². The van der Waals surface area contributed by atoms with Gasteiger partial charge in [0.25, 0.3) is 5.91 Å². The van der Waals surface area contributed by atoms with E-state index in [0.717, 1.165) is 40.7 Å². The highest BCUT2D eigenvalue weighted by Crippen LogP contribution is 2.36. The van der Waals surface area contributed by atoms with Gasteiger partial charge in [-0.1, -0.05) is 66.2 Å². The van der Waals surface area contributed by atoms with Gasteiger partial charge in [-0.25, -0.2) is 4.99 Å². The summed E-state index contributed by atoms with van der Waals surface area (Å²) in [7, 11) is 1.63. The number of hydrogen-bond donors (Lipinski definition) is 1. The molecule has 1 unspecified atom stereocenters. The van der Waals surface area contributed by atoms with Crippen LogP contribution in [0.4, 0.5) is 0 Å². The van der Waals surface area contributed by atoms with Gasteiger partial charge in [0.05, 0.1) is 0 Å². The molecule has 0 saturated heterocycles. The Morgan fingerprint density at radius 1 is 1.06 bits per heavy atom. The number of likely N-dealkylation sites (N-methyl/N-ethyl adjacent to an activating group) is 1. The normalized spacial score (nSPS) is 17.8. The lowest BCUT2D eigenvalue weighted by Crippen LogP contribution is -2.38. The molecule has 0 aliphatic carbocycles. The molecule has 3 aromatic rings. The number of halogens is 1. The standard InChI is InChI=1S/C27H26ClN3O2/c1-27(25(33)31(2)26(29)30-27)21-12-6-11-20(16-21)23-17-22(28)15-14-18(23)10-7-13-24(32)19-8-4-3-5-9-19/h3-6,8-9,11-12,14-17H,7,10,13H2,1-2H3,(H2,29,30). The first-order valence-corrected chi connectivity index (χ1v) is 11.3. The van der Waals surface area contributed by atoms with E-state index < -0.39 is 5.54 Å². The topological polar surface area (TPSA) is 75.8 Å². The van der Waals surface area contributed by atoms with Crippen LogP contribution in [0.5, 0.6) is 0 Å². The van der Waals surface area contributed by atoms with Gasteiger partial charge in [-0.2, -0.15) is 0 Å². The average Bonchev–Trinajstić information content (AvgIpc) is 3.03. The van der Waals surface area contributed by atoms with E-state index >= 15 is 0 Å². The summed E-state index contributed by atoms with van der Waals surface area (Å²) in [6.45, 7) is 1.78. The summed E-state index contributed by atoms with van der Waals surface area (Å²) in [5, 5.41) is 0.629. The number of ketones is 1. The maximum absolute atomic E-state index is 12.8. The third-order valence-electron chi connectivity index (χ3n) is 6.16. The lowest BCUT2D eigenvalue weighted by Gasteiger charge is -2.21. The minimum Gasteiger partial charge on any atom is -0.369 e. The van der Waals surface area contributed by atoms with Crippen LogP contribution < -0.4 is 5.73 Å². The number of aryl methyl sites for hydroxylation is 1. The smallest absolute Gasteiger partial charge is 0.261 e. The van der Waals surface area contributed by atoms with Gasteiger partial charge in [0.1, 0.15) is 0 Å². The maximum Gasteiger partial charge on any atom is 0.261 e. The molecule has 0 bridgehead atoms. The van der Waals surface area contributed by atoms with Crippen molar-refractivity contribution < 1.29 is 9.59 Å². The van der Waals surface area contributed by atoms with Gasteiger partial charge >= 0.3 is 0 Å². The number of amides is 1. The predicted molar refractivity (Wildman–Crippen MR) is 132 cm³/mol. The molecule has 4 rings (SSSR count). The van der Waals surface area contributed by atoms with Gasteiger partial charge in [-0.05, 0) is 60.2 Å². The SMILES string of the molecule is CN1C(=O)C(C)(c2cccc(-c3cc(Cl)ccc3CCCC(=O)c3ccccc3)c2)N=C1N. The van der Waals surface area contributed by atoms with Gasteiger partial charge in [0.15, 0.2) is 17.3 Å². The predicted octanol–water partition coefficient (Wildman–Crippen LogP) is 5.21. The zero-order valence-corrected chi connectivity index (χ0v) is 19.5. The summed E-state index contributed by atoms with van der Waals surface area (Å²) in [6, 6.07) is 22.9. The lowest BCUT2D eigenvalue weighted by molar-refractivity contribution is -0.130. The van der Waals surface area contributed by atoms with Crippen molar-refractivity contribution in [2.75, 3.05) is 7.05 Å². The molecule has 0 radical (unpaired) electrons. The molecule has 0 fully saturated rings.